The van der Waals surface area contributed by atoms with Gasteiger partial charge in [0.25, 0.3) is 0 Å². The van der Waals surface area contributed by atoms with Gasteiger partial charge in [-0.1, -0.05) is 0 Å². The summed E-state index contributed by atoms with van der Waals surface area (Å²) in [7, 11) is 1.31. The van der Waals surface area contributed by atoms with Crippen molar-refractivity contribution >= 4 is 11.8 Å². The summed E-state index contributed by atoms with van der Waals surface area (Å²) >= 11 is 0. The van der Waals surface area contributed by atoms with Crippen molar-refractivity contribution in [2.45, 2.75) is 6.18 Å². The Balaban J connectivity index is 3.16. The molecule has 0 aliphatic carbocycles. The van der Waals surface area contributed by atoms with Gasteiger partial charge in [-0.05, 0) is 0 Å². The Hall–Kier alpha value is -1.62. The van der Waals surface area contributed by atoms with Gasteiger partial charge >= 0.3 is 6.18 Å². The molecule has 4 nitrogen and oxygen atoms in total. The number of nitrogens with zero attached hydrogens (tertiary/aromatic N) is 3. The predicted octanol–water partition coefficient (Wildman–Crippen LogP) is 1.82. The Morgan fingerprint density at radius 3 is 2.62 bits per heavy atom. The Morgan fingerprint density at radius 2 is 2.23 bits per heavy atom. The van der Waals surface area contributed by atoms with E-state index in [-0.39, 0.29) is 5.82 Å². The van der Waals surface area contributed by atoms with Crippen LogP contribution in [0, 0.1) is 5.41 Å². The van der Waals surface area contributed by atoms with E-state index in [0.717, 1.165) is 10.7 Å². The zero-order valence-corrected chi connectivity index (χ0v) is 6.55. The van der Waals surface area contributed by atoms with Crippen LogP contribution in [0.15, 0.2) is 11.1 Å². The summed E-state index contributed by atoms with van der Waals surface area (Å²) in [6.07, 6.45) is -4.48. The van der Waals surface area contributed by atoms with Crippen LogP contribution in [0.1, 0.15) is 5.69 Å². The van der Waals surface area contributed by atoms with Gasteiger partial charge in [0, 0.05) is 13.1 Å². The van der Waals surface area contributed by atoms with E-state index in [1.54, 1.807) is 6.01 Å². The van der Waals surface area contributed by atoms with Gasteiger partial charge in [-0.3, -0.25) is 0 Å². The van der Waals surface area contributed by atoms with Gasteiger partial charge in [-0.25, -0.2) is 10.1 Å². The molecule has 1 aromatic rings. The lowest BCUT2D eigenvalue weighted by atomic mass is 10.4. The van der Waals surface area contributed by atoms with Crippen LogP contribution in [0.4, 0.5) is 19.0 Å². The lowest BCUT2D eigenvalue weighted by Crippen LogP contribution is -2.06. The normalized spacial score (nSPS) is 11.1. The standard InChI is InChI=1S/C6H5F3N4/c1-13-5(11-3-10)2-4(12-13)6(7,8)9/h2,10H,1H3. The second-order valence-corrected chi connectivity index (χ2v) is 2.23. The molecule has 1 rings (SSSR count). The second-order valence-electron chi connectivity index (χ2n) is 2.23. The Bertz CT molecular complexity index is 358. The summed E-state index contributed by atoms with van der Waals surface area (Å²) < 4.78 is 37.0. The third-order valence-corrected chi connectivity index (χ3v) is 1.32. The number of alkyl halides is 3. The minimum absolute atomic E-state index is 0.0534. The number of nitrogens with one attached hydrogen (secondary N) is 1. The average Bonchev–Trinajstić information content (AvgIpc) is 2.32. The highest BCUT2D eigenvalue weighted by atomic mass is 19.4. The van der Waals surface area contributed by atoms with Gasteiger partial charge in [-0.2, -0.15) is 23.3 Å². The van der Waals surface area contributed by atoms with Gasteiger partial charge < -0.3 is 0 Å². The van der Waals surface area contributed by atoms with E-state index < -0.39 is 11.9 Å². The molecular formula is C6H5F3N4. The fraction of sp³-hybridized carbons (Fsp3) is 0.333. The number of aliphatic imine (C=N–C) groups is 1. The van der Waals surface area contributed by atoms with E-state index in [9.17, 15) is 13.2 Å². The SMILES string of the molecule is Cn1nc(C(F)(F)F)cc1N=C=N. The molecule has 1 heterocycles. The lowest BCUT2D eigenvalue weighted by Gasteiger charge is -1.98. The highest BCUT2D eigenvalue weighted by Crippen LogP contribution is 2.30. The summed E-state index contributed by atoms with van der Waals surface area (Å²) in [5.41, 5.74) is -1.02. The molecule has 0 aliphatic rings. The molecule has 0 atom stereocenters. The zero-order chi connectivity index (χ0) is 10.1. The summed E-state index contributed by atoms with van der Waals surface area (Å²) in [6.45, 7) is 0. The smallest absolute Gasteiger partial charge is 0.250 e. The van der Waals surface area contributed by atoms with Crippen molar-refractivity contribution in [3.05, 3.63) is 11.8 Å². The topological polar surface area (TPSA) is 54.0 Å². The molecule has 0 radical (unpaired) electrons. The van der Waals surface area contributed by atoms with Gasteiger partial charge in [-0.15, -0.1) is 0 Å². The third-order valence-electron chi connectivity index (χ3n) is 1.32. The highest BCUT2D eigenvalue weighted by Gasteiger charge is 2.34. The van der Waals surface area contributed by atoms with E-state index in [0.29, 0.717) is 0 Å². The molecule has 13 heavy (non-hydrogen) atoms. The maximum atomic E-state index is 12.0. The van der Waals surface area contributed by atoms with Crippen LogP contribution in [-0.2, 0) is 13.2 Å². The number of halogens is 3. The van der Waals surface area contributed by atoms with Crippen molar-refractivity contribution < 1.29 is 13.2 Å². The molecule has 0 fully saturated rings. The van der Waals surface area contributed by atoms with Crippen molar-refractivity contribution in [1.29, 1.82) is 5.41 Å². The minimum atomic E-state index is -4.48. The Morgan fingerprint density at radius 1 is 1.62 bits per heavy atom. The van der Waals surface area contributed by atoms with Crippen LogP contribution in [0.2, 0.25) is 0 Å². The van der Waals surface area contributed by atoms with Crippen LogP contribution in [0.3, 0.4) is 0 Å². The first-order valence-electron chi connectivity index (χ1n) is 3.19. The maximum Gasteiger partial charge on any atom is 0.435 e. The van der Waals surface area contributed by atoms with E-state index in [4.69, 9.17) is 5.41 Å². The molecule has 7 heteroatoms. The number of aromatic nitrogens is 2. The molecule has 0 aromatic carbocycles. The maximum absolute atomic E-state index is 12.0. The van der Waals surface area contributed by atoms with Crippen molar-refractivity contribution in [3.63, 3.8) is 0 Å². The van der Waals surface area contributed by atoms with Crippen LogP contribution in [-0.4, -0.2) is 15.8 Å². The summed E-state index contributed by atoms with van der Waals surface area (Å²) in [5, 5.41) is 9.64. The largest absolute Gasteiger partial charge is 0.435 e. The molecule has 0 saturated carbocycles. The van der Waals surface area contributed by atoms with Gasteiger partial charge in [0.05, 0.1) is 6.01 Å². The summed E-state index contributed by atoms with van der Waals surface area (Å²) in [6, 6.07) is 2.39. The number of hydrogen-bond donors (Lipinski definition) is 1. The van der Waals surface area contributed by atoms with E-state index >= 15 is 0 Å². The van der Waals surface area contributed by atoms with E-state index in [1.165, 1.54) is 7.05 Å². The first-order valence-corrected chi connectivity index (χ1v) is 3.19. The second kappa shape index (κ2) is 3.02. The molecule has 0 unspecified atom stereocenters. The van der Waals surface area contributed by atoms with Crippen molar-refractivity contribution in [1.82, 2.24) is 9.78 Å². The van der Waals surface area contributed by atoms with Crippen LogP contribution in [0.5, 0.6) is 0 Å². The molecule has 0 amide bonds. The van der Waals surface area contributed by atoms with Crippen LogP contribution >= 0.6 is 0 Å². The number of hydrogen-bond acceptors (Lipinski definition) is 3. The molecule has 1 N–H and O–H groups in total. The van der Waals surface area contributed by atoms with E-state index in [1.807, 2.05) is 0 Å². The van der Waals surface area contributed by atoms with Crippen molar-refractivity contribution in [3.8, 4) is 0 Å². The number of aryl methyl sites for hydroxylation is 1. The molecule has 0 saturated heterocycles. The zero-order valence-electron chi connectivity index (χ0n) is 6.55. The summed E-state index contributed by atoms with van der Waals surface area (Å²) in [5.74, 6) is -0.0534. The van der Waals surface area contributed by atoms with Gasteiger partial charge in [0.15, 0.2) is 11.5 Å². The minimum Gasteiger partial charge on any atom is -0.250 e. The first-order chi connectivity index (χ1) is 5.95. The Kier molecular flexibility index (Phi) is 2.20. The van der Waals surface area contributed by atoms with Gasteiger partial charge in [0.2, 0.25) is 0 Å². The molecule has 70 valence electrons. The molecule has 0 bridgehead atoms. The lowest BCUT2D eigenvalue weighted by molar-refractivity contribution is -0.141. The Labute approximate surface area is 71.2 Å². The molecule has 1 aromatic heterocycles. The highest BCUT2D eigenvalue weighted by molar-refractivity contribution is 5.46. The van der Waals surface area contributed by atoms with Crippen molar-refractivity contribution in [2.75, 3.05) is 0 Å². The van der Waals surface area contributed by atoms with Crippen LogP contribution in [0.25, 0.3) is 0 Å². The average molecular weight is 190 g/mol. The first kappa shape index (κ1) is 9.47. The molecule has 0 aliphatic heterocycles. The fourth-order valence-electron chi connectivity index (χ4n) is 0.758. The van der Waals surface area contributed by atoms with Gasteiger partial charge in [0.1, 0.15) is 0 Å². The number of rotatable bonds is 1. The van der Waals surface area contributed by atoms with Crippen LogP contribution < -0.4 is 0 Å². The monoisotopic (exact) mass is 190 g/mol. The molecule has 0 spiro atoms. The third kappa shape index (κ3) is 1.94. The predicted molar refractivity (Wildman–Crippen MR) is 38.0 cm³/mol. The molecular weight excluding hydrogens is 185 g/mol. The van der Waals surface area contributed by atoms with E-state index in [2.05, 4.69) is 10.1 Å². The van der Waals surface area contributed by atoms with Crippen molar-refractivity contribution in [2.24, 2.45) is 12.0 Å². The summed E-state index contributed by atoms with van der Waals surface area (Å²) in [4.78, 5) is 3.26. The fourth-order valence-corrected chi connectivity index (χ4v) is 0.758. The quantitative estimate of drug-likeness (QED) is 0.674.